The normalized spacial score (nSPS) is 28.7. The molecule has 3 atom stereocenters. The third-order valence-corrected chi connectivity index (χ3v) is 9.50. The first-order valence-corrected chi connectivity index (χ1v) is 12.1. The standard InChI is InChI=1S/C24H32BNO4S/c1-13-15-8-9-17(13)26(12-15)22(27)16-10-18(28-7)20-14(2)21(31-19(20)11-16)25-29-23(3,4)24(5,6)30-25/h10-11,13,15,17H,8-9,12H2,1-7H3/t13-,15?,17?/m1/s1. The largest absolute Gasteiger partial charge is 0.505 e. The van der Waals surface area contributed by atoms with E-state index in [0.29, 0.717) is 23.4 Å². The number of fused-ring (bicyclic) bond motifs is 3. The summed E-state index contributed by atoms with van der Waals surface area (Å²) < 4.78 is 20.5. The number of hydrogen-bond donors (Lipinski definition) is 0. The van der Waals surface area contributed by atoms with Crippen LogP contribution in [0.3, 0.4) is 0 Å². The quantitative estimate of drug-likeness (QED) is 0.663. The van der Waals surface area contributed by atoms with Crippen LogP contribution in [0, 0.1) is 18.8 Å². The highest BCUT2D eigenvalue weighted by Crippen LogP contribution is 2.44. The molecule has 5 nitrogen and oxygen atoms in total. The van der Waals surface area contributed by atoms with Gasteiger partial charge in [-0.3, -0.25) is 4.79 Å². The molecule has 2 aromatic rings. The van der Waals surface area contributed by atoms with Gasteiger partial charge in [0.2, 0.25) is 0 Å². The number of carbonyl (C=O) groups excluding carboxylic acids is 1. The minimum atomic E-state index is -0.415. The van der Waals surface area contributed by atoms with Gasteiger partial charge in [-0.15, -0.1) is 11.3 Å². The van der Waals surface area contributed by atoms with Gasteiger partial charge < -0.3 is 18.9 Å². The van der Waals surface area contributed by atoms with Crippen molar-refractivity contribution in [2.24, 2.45) is 11.8 Å². The van der Waals surface area contributed by atoms with Crippen LogP contribution in [0.2, 0.25) is 0 Å². The van der Waals surface area contributed by atoms with Crippen LogP contribution in [0.1, 0.15) is 63.4 Å². The number of carbonyl (C=O) groups is 1. The average molecular weight is 441 g/mol. The molecule has 3 aliphatic rings. The van der Waals surface area contributed by atoms with Crippen LogP contribution in [0.25, 0.3) is 10.1 Å². The molecule has 1 aromatic carbocycles. The Balaban J connectivity index is 1.53. The summed E-state index contributed by atoms with van der Waals surface area (Å²) in [5.74, 6) is 2.13. The van der Waals surface area contributed by atoms with Gasteiger partial charge in [-0.25, -0.2) is 0 Å². The van der Waals surface area contributed by atoms with Crippen molar-refractivity contribution in [2.75, 3.05) is 13.7 Å². The van der Waals surface area contributed by atoms with Gasteiger partial charge in [0, 0.05) is 33.0 Å². The highest BCUT2D eigenvalue weighted by Gasteiger charge is 2.53. The van der Waals surface area contributed by atoms with E-state index >= 15 is 0 Å². The van der Waals surface area contributed by atoms with Gasteiger partial charge in [-0.1, -0.05) is 6.92 Å². The number of thiophene rings is 1. The highest BCUT2D eigenvalue weighted by molar-refractivity contribution is 7.28. The molecule has 0 N–H and O–H groups in total. The highest BCUT2D eigenvalue weighted by atomic mass is 32.1. The fourth-order valence-electron chi connectivity index (χ4n) is 5.53. The number of amides is 1. The molecule has 0 spiro atoms. The Bertz CT molecular complexity index is 1050. The Hall–Kier alpha value is -1.57. The van der Waals surface area contributed by atoms with Crippen LogP contribution >= 0.6 is 11.3 Å². The van der Waals surface area contributed by atoms with Crippen molar-refractivity contribution in [3.63, 3.8) is 0 Å². The molecule has 2 unspecified atom stereocenters. The van der Waals surface area contributed by atoms with Crippen LogP contribution in [-0.4, -0.2) is 48.8 Å². The number of ether oxygens (including phenoxy) is 1. The molecule has 1 aromatic heterocycles. The van der Waals surface area contributed by atoms with E-state index < -0.39 is 18.3 Å². The lowest BCUT2D eigenvalue weighted by atomic mass is 9.84. The summed E-state index contributed by atoms with van der Waals surface area (Å²) in [6.45, 7) is 13.5. The fraction of sp³-hybridized carbons (Fsp3) is 0.625. The van der Waals surface area contributed by atoms with E-state index in [9.17, 15) is 4.79 Å². The summed E-state index contributed by atoms with van der Waals surface area (Å²) in [7, 11) is 1.26. The number of nitrogens with zero attached hydrogens (tertiary/aromatic N) is 1. The second-order valence-electron chi connectivity index (χ2n) is 10.5. The number of hydrogen-bond acceptors (Lipinski definition) is 5. The Labute approximate surface area is 189 Å². The zero-order chi connectivity index (χ0) is 22.3. The molecule has 1 saturated carbocycles. The number of methoxy groups -OCH3 is 1. The van der Waals surface area contributed by atoms with Crippen molar-refractivity contribution in [2.45, 2.75) is 71.6 Å². The summed E-state index contributed by atoms with van der Waals surface area (Å²) in [5.41, 5.74) is 1.03. The van der Waals surface area contributed by atoms with Gasteiger partial charge in [0.25, 0.3) is 5.91 Å². The van der Waals surface area contributed by atoms with Gasteiger partial charge in [-0.2, -0.15) is 0 Å². The molecular formula is C24H32BNO4S. The zero-order valence-electron chi connectivity index (χ0n) is 19.6. The van der Waals surface area contributed by atoms with Gasteiger partial charge >= 0.3 is 7.12 Å². The smallest absolute Gasteiger partial charge is 0.496 e. The van der Waals surface area contributed by atoms with Gasteiger partial charge in [0.15, 0.2) is 0 Å². The van der Waals surface area contributed by atoms with Gasteiger partial charge in [0.05, 0.1) is 18.3 Å². The van der Waals surface area contributed by atoms with Crippen LogP contribution < -0.4 is 9.51 Å². The molecule has 7 heteroatoms. The van der Waals surface area contributed by atoms with Crippen LogP contribution in [0.5, 0.6) is 5.75 Å². The van der Waals surface area contributed by atoms with Crippen molar-refractivity contribution >= 4 is 39.2 Å². The maximum Gasteiger partial charge on any atom is 0.505 e. The molecule has 166 valence electrons. The molecule has 2 aliphatic heterocycles. The lowest BCUT2D eigenvalue weighted by molar-refractivity contribution is 0.00578. The van der Waals surface area contributed by atoms with E-state index in [1.54, 1.807) is 18.4 Å². The van der Waals surface area contributed by atoms with E-state index in [-0.39, 0.29) is 5.91 Å². The predicted octanol–water partition coefficient (Wildman–Crippen LogP) is 4.39. The average Bonchev–Trinajstić information content (AvgIpc) is 3.40. The van der Waals surface area contributed by atoms with E-state index in [2.05, 4.69) is 46.4 Å². The molecule has 2 bridgehead atoms. The van der Waals surface area contributed by atoms with Crippen LogP contribution in [0.4, 0.5) is 0 Å². The van der Waals surface area contributed by atoms with Crippen molar-refractivity contribution < 1.29 is 18.8 Å². The Kier molecular flexibility index (Phi) is 4.78. The minimum Gasteiger partial charge on any atom is -0.496 e. The summed E-state index contributed by atoms with van der Waals surface area (Å²) in [4.78, 5) is 15.5. The van der Waals surface area contributed by atoms with Crippen molar-refractivity contribution in [1.29, 1.82) is 0 Å². The second kappa shape index (κ2) is 6.96. The minimum absolute atomic E-state index is 0.127. The van der Waals surface area contributed by atoms with E-state index in [4.69, 9.17) is 14.0 Å². The first-order chi connectivity index (χ1) is 14.5. The maximum atomic E-state index is 13.4. The number of piperidine rings is 1. The maximum absolute atomic E-state index is 13.4. The molecule has 1 aliphatic carbocycles. The Morgan fingerprint density at radius 3 is 2.42 bits per heavy atom. The zero-order valence-corrected chi connectivity index (χ0v) is 20.4. The molecule has 3 fully saturated rings. The first kappa shape index (κ1) is 21.3. The van der Waals surface area contributed by atoms with Crippen molar-refractivity contribution in [1.82, 2.24) is 4.90 Å². The number of likely N-dealkylation sites (tertiary alicyclic amines) is 1. The molecule has 2 saturated heterocycles. The fourth-order valence-corrected chi connectivity index (χ4v) is 6.75. The Morgan fingerprint density at radius 1 is 1.19 bits per heavy atom. The van der Waals surface area contributed by atoms with Gasteiger partial charge in [-0.05, 0) is 77.0 Å². The van der Waals surface area contributed by atoms with E-state index in [0.717, 1.165) is 39.1 Å². The lowest BCUT2D eigenvalue weighted by Gasteiger charge is -2.32. The lowest BCUT2D eigenvalue weighted by Crippen LogP contribution is -2.41. The van der Waals surface area contributed by atoms with Crippen LogP contribution in [0.15, 0.2) is 12.1 Å². The topological polar surface area (TPSA) is 48.0 Å². The molecule has 1 amide bonds. The second-order valence-corrected chi connectivity index (χ2v) is 11.5. The summed E-state index contributed by atoms with van der Waals surface area (Å²) in [6.07, 6.45) is 2.38. The third kappa shape index (κ3) is 3.07. The SMILES string of the molecule is COc1cc(C(=O)N2CC3CCC2[C@@H]3C)cc2sc(B3OC(C)(C)C(C)(C)O3)c(C)c12. The molecule has 3 heterocycles. The molecule has 5 rings (SSSR count). The first-order valence-electron chi connectivity index (χ1n) is 11.3. The van der Waals surface area contributed by atoms with E-state index in [1.165, 1.54) is 6.42 Å². The monoisotopic (exact) mass is 441 g/mol. The predicted molar refractivity (Wildman–Crippen MR) is 126 cm³/mol. The van der Waals surface area contributed by atoms with Crippen molar-refractivity contribution in [3.8, 4) is 5.75 Å². The van der Waals surface area contributed by atoms with Gasteiger partial charge in [0.1, 0.15) is 5.75 Å². The Morgan fingerprint density at radius 2 is 1.87 bits per heavy atom. The molecular weight excluding hydrogens is 409 g/mol. The summed E-state index contributed by atoms with van der Waals surface area (Å²) in [6, 6.07) is 4.32. The van der Waals surface area contributed by atoms with Crippen LogP contribution in [-0.2, 0) is 9.31 Å². The number of benzene rings is 1. The van der Waals surface area contributed by atoms with Crippen molar-refractivity contribution in [3.05, 3.63) is 23.3 Å². The molecule has 0 radical (unpaired) electrons. The third-order valence-electron chi connectivity index (χ3n) is 8.24. The van der Waals surface area contributed by atoms with E-state index in [1.807, 2.05) is 12.1 Å². The number of aryl methyl sites for hydroxylation is 1. The summed E-state index contributed by atoms with van der Waals surface area (Å²) >= 11 is 1.64. The number of rotatable bonds is 3. The molecule has 31 heavy (non-hydrogen) atoms. The summed E-state index contributed by atoms with van der Waals surface area (Å²) in [5, 5.41) is 1.05.